The van der Waals surface area contributed by atoms with Gasteiger partial charge in [0.05, 0.1) is 17.2 Å². The molecule has 0 heterocycles. The van der Waals surface area contributed by atoms with Gasteiger partial charge in [-0.05, 0) is 46.1 Å². The molecule has 1 amide bonds. The van der Waals surface area contributed by atoms with E-state index in [1.165, 1.54) is 0 Å². The Hall–Kier alpha value is -1.36. The van der Waals surface area contributed by atoms with Crippen molar-refractivity contribution in [2.24, 2.45) is 0 Å². The average Bonchev–Trinajstić information content (AvgIpc) is 2.49. The van der Waals surface area contributed by atoms with E-state index in [0.717, 1.165) is 17.7 Å². The molecule has 0 aliphatic heterocycles. The van der Waals surface area contributed by atoms with E-state index in [2.05, 4.69) is 21.2 Å². The average molecular weight is 369 g/mol. The molecule has 0 aromatic heterocycles. The van der Waals surface area contributed by atoms with E-state index >= 15 is 0 Å². The fourth-order valence-corrected chi connectivity index (χ4v) is 2.52. The normalized spacial score (nSPS) is 10.4. The van der Waals surface area contributed by atoms with E-state index in [9.17, 15) is 4.79 Å². The molecule has 0 radical (unpaired) electrons. The molecule has 1 N–H and O–H groups in total. The van der Waals surface area contributed by atoms with Gasteiger partial charge in [0.25, 0.3) is 5.91 Å². The lowest BCUT2D eigenvalue weighted by Gasteiger charge is -2.12. The Morgan fingerprint density at radius 2 is 2.00 bits per heavy atom. The number of hydrogen-bond donors (Lipinski definition) is 1. The summed E-state index contributed by atoms with van der Waals surface area (Å²) in [5.41, 5.74) is 2.24. The van der Waals surface area contributed by atoms with Crippen LogP contribution in [-0.2, 0) is 11.2 Å². The third kappa shape index (κ3) is 4.06. The summed E-state index contributed by atoms with van der Waals surface area (Å²) in [5.74, 6) is -0.230. The Balaban J connectivity index is 2.22. The topological polar surface area (TPSA) is 38.3 Å². The molecule has 2 rings (SSSR count). The number of hydrogen-bond acceptors (Lipinski definition) is 2. The largest absolute Gasteiger partial charge is 0.384 e. The summed E-state index contributed by atoms with van der Waals surface area (Å²) < 4.78 is 5.78. The van der Waals surface area contributed by atoms with Crippen LogP contribution in [0.15, 0.2) is 46.9 Å². The van der Waals surface area contributed by atoms with Gasteiger partial charge in [0.2, 0.25) is 0 Å². The zero-order chi connectivity index (χ0) is 15.2. The van der Waals surface area contributed by atoms with Crippen molar-refractivity contribution in [3.63, 3.8) is 0 Å². The van der Waals surface area contributed by atoms with E-state index in [1.807, 2.05) is 24.3 Å². The van der Waals surface area contributed by atoms with Crippen LogP contribution in [0.1, 0.15) is 15.9 Å². The van der Waals surface area contributed by atoms with Gasteiger partial charge in [-0.1, -0.05) is 35.9 Å². The second kappa shape index (κ2) is 7.59. The van der Waals surface area contributed by atoms with Gasteiger partial charge >= 0.3 is 0 Å². The predicted molar refractivity (Wildman–Crippen MR) is 89.1 cm³/mol. The number of rotatable bonds is 5. The molecule has 0 spiro atoms. The molecule has 5 heteroatoms. The smallest absolute Gasteiger partial charge is 0.257 e. The van der Waals surface area contributed by atoms with Gasteiger partial charge in [-0.15, -0.1) is 0 Å². The highest BCUT2D eigenvalue weighted by Gasteiger charge is 2.13. The van der Waals surface area contributed by atoms with Crippen molar-refractivity contribution in [1.82, 2.24) is 0 Å². The van der Waals surface area contributed by atoms with Crippen molar-refractivity contribution in [2.45, 2.75) is 6.42 Å². The lowest BCUT2D eigenvalue weighted by molar-refractivity contribution is 0.102. The maximum absolute atomic E-state index is 12.4. The predicted octanol–water partition coefficient (Wildman–Crippen LogP) is 4.54. The number of para-hydroxylation sites is 1. The van der Waals surface area contributed by atoms with Crippen LogP contribution in [0.25, 0.3) is 0 Å². The molecule has 21 heavy (non-hydrogen) atoms. The number of ether oxygens (including phenoxy) is 1. The first kappa shape index (κ1) is 16.0. The number of carbonyl (C=O) groups excluding carboxylic acids is 1. The summed E-state index contributed by atoms with van der Waals surface area (Å²) in [7, 11) is 1.66. The van der Waals surface area contributed by atoms with Gasteiger partial charge < -0.3 is 10.1 Å². The highest BCUT2D eigenvalue weighted by molar-refractivity contribution is 9.10. The maximum Gasteiger partial charge on any atom is 0.257 e. The lowest BCUT2D eigenvalue weighted by atomic mass is 10.1. The van der Waals surface area contributed by atoms with Crippen LogP contribution in [0.5, 0.6) is 0 Å². The third-order valence-corrected chi connectivity index (χ3v) is 4.33. The highest BCUT2D eigenvalue weighted by atomic mass is 79.9. The zero-order valence-corrected chi connectivity index (χ0v) is 13.9. The Labute approximate surface area is 137 Å². The summed E-state index contributed by atoms with van der Waals surface area (Å²) >= 11 is 9.47. The fraction of sp³-hybridized carbons (Fsp3) is 0.188. The van der Waals surface area contributed by atoms with E-state index < -0.39 is 0 Å². The molecule has 2 aromatic carbocycles. The Bertz CT molecular complexity index is 646. The standard InChI is InChI=1S/C16H15BrClNO2/c1-21-10-9-11-5-2-3-8-14(11)19-16(20)12-6-4-7-13(17)15(12)18/h2-8H,9-10H2,1H3,(H,19,20). The first-order chi connectivity index (χ1) is 10.1. The molecule has 2 aromatic rings. The molecule has 0 unspecified atom stereocenters. The molecule has 0 aliphatic rings. The van der Waals surface area contributed by atoms with E-state index in [4.69, 9.17) is 16.3 Å². The zero-order valence-electron chi connectivity index (χ0n) is 11.5. The second-order valence-corrected chi connectivity index (χ2v) is 5.69. The number of amides is 1. The minimum absolute atomic E-state index is 0.230. The van der Waals surface area contributed by atoms with Gasteiger partial charge in [-0.2, -0.15) is 0 Å². The maximum atomic E-state index is 12.4. The van der Waals surface area contributed by atoms with Crippen molar-refractivity contribution in [2.75, 3.05) is 19.0 Å². The SMILES string of the molecule is COCCc1ccccc1NC(=O)c1cccc(Br)c1Cl. The van der Waals surface area contributed by atoms with Crippen molar-refractivity contribution in [3.05, 3.63) is 63.1 Å². The number of halogens is 2. The summed E-state index contributed by atoms with van der Waals surface area (Å²) in [6.45, 7) is 0.602. The molecule has 0 saturated heterocycles. The number of carbonyl (C=O) groups is 1. The number of methoxy groups -OCH3 is 1. The lowest BCUT2D eigenvalue weighted by Crippen LogP contribution is -2.14. The van der Waals surface area contributed by atoms with Crippen LogP contribution in [-0.4, -0.2) is 19.6 Å². The summed E-state index contributed by atoms with van der Waals surface area (Å²) in [4.78, 5) is 12.4. The molecule has 0 saturated carbocycles. The van der Waals surface area contributed by atoms with Gasteiger partial charge in [-0.3, -0.25) is 4.79 Å². The van der Waals surface area contributed by atoms with Gasteiger partial charge in [0.1, 0.15) is 0 Å². The van der Waals surface area contributed by atoms with Crippen molar-refractivity contribution < 1.29 is 9.53 Å². The second-order valence-electron chi connectivity index (χ2n) is 4.46. The van der Waals surface area contributed by atoms with Gasteiger partial charge in [0, 0.05) is 17.3 Å². The molecule has 0 bridgehead atoms. The van der Waals surface area contributed by atoms with Crippen molar-refractivity contribution in [3.8, 4) is 0 Å². The van der Waals surface area contributed by atoms with E-state index in [0.29, 0.717) is 21.7 Å². The monoisotopic (exact) mass is 367 g/mol. The summed E-state index contributed by atoms with van der Waals surface area (Å²) in [6.07, 6.45) is 0.735. The van der Waals surface area contributed by atoms with E-state index in [-0.39, 0.29) is 5.91 Å². The highest BCUT2D eigenvalue weighted by Crippen LogP contribution is 2.27. The number of anilines is 1. The first-order valence-electron chi connectivity index (χ1n) is 6.45. The Morgan fingerprint density at radius 1 is 1.24 bits per heavy atom. The van der Waals surface area contributed by atoms with Crippen LogP contribution in [0.2, 0.25) is 5.02 Å². The van der Waals surface area contributed by atoms with Gasteiger partial charge in [-0.25, -0.2) is 0 Å². The Kier molecular flexibility index (Phi) is 5.79. The molecule has 0 aliphatic carbocycles. The quantitative estimate of drug-likeness (QED) is 0.841. The summed E-state index contributed by atoms with van der Waals surface area (Å²) in [5, 5.41) is 3.31. The van der Waals surface area contributed by atoms with Gasteiger partial charge in [0.15, 0.2) is 0 Å². The third-order valence-electron chi connectivity index (χ3n) is 3.04. The van der Waals surface area contributed by atoms with Crippen molar-refractivity contribution >= 4 is 39.1 Å². The molecular weight excluding hydrogens is 354 g/mol. The molecule has 0 fully saturated rings. The molecule has 0 atom stereocenters. The molecule has 110 valence electrons. The van der Waals surface area contributed by atoms with Crippen LogP contribution in [0.4, 0.5) is 5.69 Å². The van der Waals surface area contributed by atoms with Crippen molar-refractivity contribution in [1.29, 1.82) is 0 Å². The fourth-order valence-electron chi connectivity index (χ4n) is 1.94. The number of nitrogens with one attached hydrogen (secondary N) is 1. The van der Waals surface area contributed by atoms with Crippen LogP contribution >= 0.6 is 27.5 Å². The van der Waals surface area contributed by atoms with Crippen LogP contribution in [0, 0.1) is 0 Å². The minimum Gasteiger partial charge on any atom is -0.384 e. The first-order valence-corrected chi connectivity index (χ1v) is 7.62. The van der Waals surface area contributed by atoms with Crippen LogP contribution in [0.3, 0.4) is 0 Å². The molecule has 3 nitrogen and oxygen atoms in total. The number of benzene rings is 2. The Morgan fingerprint density at radius 3 is 2.76 bits per heavy atom. The van der Waals surface area contributed by atoms with Crippen LogP contribution < -0.4 is 5.32 Å². The minimum atomic E-state index is -0.230. The van der Waals surface area contributed by atoms with E-state index in [1.54, 1.807) is 25.3 Å². The summed E-state index contributed by atoms with van der Waals surface area (Å²) in [6, 6.07) is 12.9. The molecular formula is C16H15BrClNO2.